The summed E-state index contributed by atoms with van der Waals surface area (Å²) in [5.41, 5.74) is 0.254. The van der Waals surface area contributed by atoms with Crippen molar-refractivity contribution in [3.05, 3.63) is 0 Å². The Labute approximate surface area is 99.5 Å². The molecular weight excluding hydrogens is 200 g/mol. The Morgan fingerprint density at radius 3 is 2.88 bits per heavy atom. The molecule has 2 unspecified atom stereocenters. The summed E-state index contributed by atoms with van der Waals surface area (Å²) in [6, 6.07) is 0.692. The molecule has 2 heterocycles. The van der Waals surface area contributed by atoms with Gasteiger partial charge in [0, 0.05) is 37.8 Å². The van der Waals surface area contributed by atoms with E-state index >= 15 is 0 Å². The van der Waals surface area contributed by atoms with E-state index in [0.717, 1.165) is 26.2 Å². The lowest BCUT2D eigenvalue weighted by molar-refractivity contribution is 0.0255. The standard InChI is InChI=1S/C13H26N2O/c1-4-11-8-14-13(2,3)10-15(11)9-12-6-5-7-16-12/h11-12,14H,4-10H2,1-3H3. The van der Waals surface area contributed by atoms with Gasteiger partial charge in [0.2, 0.25) is 0 Å². The molecule has 3 nitrogen and oxygen atoms in total. The van der Waals surface area contributed by atoms with Crippen molar-refractivity contribution in [3.8, 4) is 0 Å². The number of piperazine rings is 1. The van der Waals surface area contributed by atoms with Crippen molar-refractivity contribution >= 4 is 0 Å². The van der Waals surface area contributed by atoms with Crippen LogP contribution in [0.1, 0.15) is 40.0 Å². The predicted octanol–water partition coefficient (Wildman–Crippen LogP) is 1.63. The van der Waals surface area contributed by atoms with Crippen LogP contribution in [0.2, 0.25) is 0 Å². The van der Waals surface area contributed by atoms with E-state index in [4.69, 9.17) is 4.74 Å². The monoisotopic (exact) mass is 226 g/mol. The number of nitrogens with zero attached hydrogens (tertiary/aromatic N) is 1. The summed E-state index contributed by atoms with van der Waals surface area (Å²) < 4.78 is 5.75. The highest BCUT2D eigenvalue weighted by molar-refractivity contribution is 4.92. The molecule has 0 aromatic heterocycles. The van der Waals surface area contributed by atoms with E-state index in [2.05, 4.69) is 31.0 Å². The molecule has 0 aromatic carbocycles. The molecule has 94 valence electrons. The van der Waals surface area contributed by atoms with Crippen molar-refractivity contribution in [3.63, 3.8) is 0 Å². The first kappa shape index (κ1) is 12.3. The number of hydrogen-bond acceptors (Lipinski definition) is 3. The first-order valence-corrected chi connectivity index (χ1v) is 6.71. The summed E-state index contributed by atoms with van der Waals surface area (Å²) in [5, 5.41) is 3.63. The molecule has 1 N–H and O–H groups in total. The Hall–Kier alpha value is -0.120. The van der Waals surface area contributed by atoms with Crippen LogP contribution in [-0.2, 0) is 4.74 Å². The lowest BCUT2D eigenvalue weighted by atomic mass is 9.97. The molecule has 3 heteroatoms. The van der Waals surface area contributed by atoms with Crippen LogP contribution < -0.4 is 5.32 Å². The van der Waals surface area contributed by atoms with Crippen molar-refractivity contribution in [1.82, 2.24) is 10.2 Å². The van der Waals surface area contributed by atoms with Gasteiger partial charge in [0.25, 0.3) is 0 Å². The molecule has 0 radical (unpaired) electrons. The minimum absolute atomic E-state index is 0.254. The van der Waals surface area contributed by atoms with Crippen LogP contribution in [0.5, 0.6) is 0 Å². The van der Waals surface area contributed by atoms with Crippen molar-refractivity contribution in [2.45, 2.75) is 57.7 Å². The second-order valence-electron chi connectivity index (χ2n) is 5.89. The number of ether oxygens (including phenoxy) is 1. The Kier molecular flexibility index (Phi) is 3.88. The van der Waals surface area contributed by atoms with Crippen LogP contribution in [0.25, 0.3) is 0 Å². The highest BCUT2D eigenvalue weighted by atomic mass is 16.5. The minimum atomic E-state index is 0.254. The third-order valence-corrected chi connectivity index (χ3v) is 3.86. The smallest absolute Gasteiger partial charge is 0.0702 e. The first-order chi connectivity index (χ1) is 7.61. The fourth-order valence-electron chi connectivity index (χ4n) is 2.88. The molecule has 2 saturated heterocycles. The molecule has 0 aliphatic carbocycles. The summed E-state index contributed by atoms with van der Waals surface area (Å²) in [7, 11) is 0. The second kappa shape index (κ2) is 5.03. The molecule has 0 bridgehead atoms. The van der Waals surface area contributed by atoms with Gasteiger partial charge in [-0.05, 0) is 33.1 Å². The van der Waals surface area contributed by atoms with Gasteiger partial charge >= 0.3 is 0 Å². The molecule has 2 fully saturated rings. The van der Waals surface area contributed by atoms with Gasteiger partial charge in [0.05, 0.1) is 6.10 Å². The highest BCUT2D eigenvalue weighted by Crippen LogP contribution is 2.21. The van der Waals surface area contributed by atoms with Gasteiger partial charge in [0.1, 0.15) is 0 Å². The molecule has 2 aliphatic heterocycles. The quantitative estimate of drug-likeness (QED) is 0.791. The highest BCUT2D eigenvalue weighted by Gasteiger charge is 2.33. The van der Waals surface area contributed by atoms with Gasteiger partial charge in [-0.1, -0.05) is 6.92 Å². The van der Waals surface area contributed by atoms with Crippen LogP contribution in [0.4, 0.5) is 0 Å². The van der Waals surface area contributed by atoms with Gasteiger partial charge in [-0.2, -0.15) is 0 Å². The third kappa shape index (κ3) is 2.96. The van der Waals surface area contributed by atoms with E-state index < -0.39 is 0 Å². The van der Waals surface area contributed by atoms with Crippen LogP contribution >= 0.6 is 0 Å². The average molecular weight is 226 g/mol. The van der Waals surface area contributed by atoms with Crippen molar-refractivity contribution in [2.24, 2.45) is 0 Å². The first-order valence-electron chi connectivity index (χ1n) is 6.71. The third-order valence-electron chi connectivity index (χ3n) is 3.86. The molecule has 0 aromatic rings. The van der Waals surface area contributed by atoms with Gasteiger partial charge < -0.3 is 10.1 Å². The second-order valence-corrected chi connectivity index (χ2v) is 5.89. The van der Waals surface area contributed by atoms with E-state index in [-0.39, 0.29) is 5.54 Å². The lowest BCUT2D eigenvalue weighted by Crippen LogP contribution is -2.62. The molecule has 2 aliphatic rings. The van der Waals surface area contributed by atoms with Crippen molar-refractivity contribution < 1.29 is 4.74 Å². The van der Waals surface area contributed by atoms with Gasteiger partial charge in [-0.3, -0.25) is 4.90 Å². The Morgan fingerprint density at radius 1 is 1.44 bits per heavy atom. The van der Waals surface area contributed by atoms with E-state index in [9.17, 15) is 0 Å². The van der Waals surface area contributed by atoms with E-state index in [1.807, 2.05) is 0 Å². The molecule has 0 amide bonds. The molecule has 2 atom stereocenters. The van der Waals surface area contributed by atoms with E-state index in [0.29, 0.717) is 12.1 Å². The number of rotatable bonds is 3. The molecular formula is C13H26N2O. The molecule has 0 saturated carbocycles. The van der Waals surface area contributed by atoms with Crippen LogP contribution in [0, 0.1) is 0 Å². The predicted molar refractivity (Wildman–Crippen MR) is 66.7 cm³/mol. The zero-order valence-corrected chi connectivity index (χ0v) is 11.0. The zero-order chi connectivity index (χ0) is 11.6. The summed E-state index contributed by atoms with van der Waals surface area (Å²) in [5.74, 6) is 0. The summed E-state index contributed by atoms with van der Waals surface area (Å²) in [4.78, 5) is 2.63. The molecule has 0 spiro atoms. The summed E-state index contributed by atoms with van der Waals surface area (Å²) >= 11 is 0. The van der Waals surface area contributed by atoms with Crippen molar-refractivity contribution in [2.75, 3.05) is 26.2 Å². The maximum absolute atomic E-state index is 5.75. The summed E-state index contributed by atoms with van der Waals surface area (Å²) in [6.07, 6.45) is 4.22. The number of hydrogen-bond donors (Lipinski definition) is 1. The molecule has 16 heavy (non-hydrogen) atoms. The van der Waals surface area contributed by atoms with Gasteiger partial charge in [-0.25, -0.2) is 0 Å². The van der Waals surface area contributed by atoms with Crippen molar-refractivity contribution in [1.29, 1.82) is 0 Å². The zero-order valence-electron chi connectivity index (χ0n) is 11.0. The SMILES string of the molecule is CCC1CNC(C)(C)CN1CC1CCCO1. The Morgan fingerprint density at radius 2 is 2.25 bits per heavy atom. The van der Waals surface area contributed by atoms with Crippen LogP contribution in [-0.4, -0.2) is 48.8 Å². The molecule has 2 rings (SSSR count). The maximum atomic E-state index is 5.75. The minimum Gasteiger partial charge on any atom is -0.377 e. The fraction of sp³-hybridized carbons (Fsp3) is 1.00. The maximum Gasteiger partial charge on any atom is 0.0702 e. The largest absolute Gasteiger partial charge is 0.377 e. The Bertz CT molecular complexity index is 224. The summed E-state index contributed by atoms with van der Waals surface area (Å²) in [6.45, 7) is 11.2. The van der Waals surface area contributed by atoms with E-state index in [1.54, 1.807) is 0 Å². The van der Waals surface area contributed by atoms with Gasteiger partial charge in [0.15, 0.2) is 0 Å². The Balaban J connectivity index is 1.91. The van der Waals surface area contributed by atoms with E-state index in [1.165, 1.54) is 19.3 Å². The fourth-order valence-corrected chi connectivity index (χ4v) is 2.88. The number of nitrogens with one attached hydrogen (secondary N) is 1. The topological polar surface area (TPSA) is 24.5 Å². The lowest BCUT2D eigenvalue weighted by Gasteiger charge is -2.45. The van der Waals surface area contributed by atoms with Crippen LogP contribution in [0.3, 0.4) is 0 Å². The van der Waals surface area contributed by atoms with Gasteiger partial charge in [-0.15, -0.1) is 0 Å². The van der Waals surface area contributed by atoms with Crippen LogP contribution in [0.15, 0.2) is 0 Å². The normalized spacial score (nSPS) is 35.4. The average Bonchev–Trinajstić information content (AvgIpc) is 2.70.